The monoisotopic (exact) mass is 183 g/mol. The average molecular weight is 183 g/mol. The topological polar surface area (TPSA) is 43.1 Å². The van der Waals surface area contributed by atoms with Crippen LogP contribution in [0.25, 0.3) is 0 Å². The smallest absolute Gasteiger partial charge is 0.369 e. The number of alkyl halides is 3. The van der Waals surface area contributed by atoms with Gasteiger partial charge in [-0.3, -0.25) is 4.79 Å². The maximum absolute atomic E-state index is 12.2. The largest absolute Gasteiger partial charge is 0.394 e. The average Bonchev–Trinajstić information content (AvgIpc) is 1.83. The second kappa shape index (κ2) is 2.95. The van der Waals surface area contributed by atoms with Crippen molar-refractivity contribution in [3.63, 3.8) is 0 Å². The van der Waals surface area contributed by atoms with E-state index >= 15 is 0 Å². The van der Waals surface area contributed by atoms with Crippen molar-refractivity contribution in [3.05, 3.63) is 0 Å². The fourth-order valence-corrected chi connectivity index (χ4v) is 0.601. The zero-order valence-electron chi connectivity index (χ0n) is 7.20. The van der Waals surface area contributed by atoms with Crippen LogP contribution in [0, 0.1) is 11.3 Å². The Morgan fingerprint density at radius 3 is 1.75 bits per heavy atom. The Hall–Kier alpha value is -0.740. The first-order valence-corrected chi connectivity index (χ1v) is 3.46. The van der Waals surface area contributed by atoms with Gasteiger partial charge in [-0.15, -0.1) is 0 Å². The number of hydrogen-bond donors (Lipinski definition) is 1. The summed E-state index contributed by atoms with van der Waals surface area (Å²) in [5.41, 5.74) is 2.72. The molecule has 1 amide bonds. The highest BCUT2D eigenvalue weighted by molar-refractivity contribution is 5.77. The van der Waals surface area contributed by atoms with Gasteiger partial charge < -0.3 is 5.73 Å². The molecular formula is C7H12F3NO. The number of halogens is 3. The molecule has 0 heterocycles. The number of carbonyl (C=O) groups excluding carboxylic acids is 1. The van der Waals surface area contributed by atoms with Crippen molar-refractivity contribution in [3.8, 4) is 0 Å². The summed E-state index contributed by atoms with van der Waals surface area (Å²) in [6, 6.07) is 0. The van der Waals surface area contributed by atoms with E-state index in [1.807, 2.05) is 0 Å². The van der Waals surface area contributed by atoms with Crippen LogP contribution in [0.3, 0.4) is 0 Å². The van der Waals surface area contributed by atoms with Crippen molar-refractivity contribution in [2.45, 2.75) is 26.9 Å². The predicted molar refractivity (Wildman–Crippen MR) is 38.2 cm³/mol. The van der Waals surface area contributed by atoms with E-state index in [1.165, 1.54) is 6.92 Å². The quantitative estimate of drug-likeness (QED) is 0.695. The van der Waals surface area contributed by atoms with Crippen LogP contribution in [-0.4, -0.2) is 12.1 Å². The van der Waals surface area contributed by atoms with Gasteiger partial charge in [0.1, 0.15) is 0 Å². The molecule has 0 saturated carbocycles. The van der Waals surface area contributed by atoms with Gasteiger partial charge in [0.15, 0.2) is 0 Å². The third-order valence-electron chi connectivity index (χ3n) is 2.24. The number of nitrogens with two attached hydrogens (primary N) is 1. The van der Waals surface area contributed by atoms with Gasteiger partial charge in [0, 0.05) is 5.92 Å². The molecule has 0 aliphatic carbocycles. The molecule has 0 unspecified atom stereocenters. The Bertz CT molecular complexity index is 186. The summed E-state index contributed by atoms with van der Waals surface area (Å²) < 4.78 is 36.7. The van der Waals surface area contributed by atoms with Crippen molar-refractivity contribution >= 4 is 5.91 Å². The van der Waals surface area contributed by atoms with Crippen LogP contribution >= 0.6 is 0 Å². The summed E-state index contributed by atoms with van der Waals surface area (Å²) in [6.45, 7) is 3.10. The zero-order valence-corrected chi connectivity index (χ0v) is 7.20. The lowest BCUT2D eigenvalue weighted by molar-refractivity contribution is -0.226. The minimum Gasteiger partial charge on any atom is -0.369 e. The minimum atomic E-state index is -4.40. The van der Waals surface area contributed by atoms with Crippen molar-refractivity contribution in [1.29, 1.82) is 0 Å². The van der Waals surface area contributed by atoms with Crippen molar-refractivity contribution in [2.75, 3.05) is 0 Å². The highest BCUT2D eigenvalue weighted by Gasteiger charge is 2.52. The first kappa shape index (κ1) is 11.3. The van der Waals surface area contributed by atoms with Crippen LogP contribution in [0.5, 0.6) is 0 Å². The molecule has 12 heavy (non-hydrogen) atoms. The fraction of sp³-hybridized carbons (Fsp3) is 0.857. The lowest BCUT2D eigenvalue weighted by Crippen LogP contribution is -2.43. The van der Waals surface area contributed by atoms with E-state index < -0.39 is 23.4 Å². The number of carbonyl (C=O) groups is 1. The van der Waals surface area contributed by atoms with Crippen LogP contribution in [0.2, 0.25) is 0 Å². The van der Waals surface area contributed by atoms with Crippen LogP contribution < -0.4 is 5.73 Å². The van der Waals surface area contributed by atoms with E-state index in [2.05, 4.69) is 0 Å². The number of hydrogen-bond acceptors (Lipinski definition) is 1. The molecule has 0 spiro atoms. The minimum absolute atomic E-state index is 0.933. The van der Waals surface area contributed by atoms with Crippen LogP contribution in [-0.2, 0) is 4.79 Å². The maximum Gasteiger partial charge on any atom is 0.394 e. The van der Waals surface area contributed by atoms with Crippen LogP contribution in [0.1, 0.15) is 20.8 Å². The first-order valence-electron chi connectivity index (χ1n) is 3.46. The fourth-order valence-electron chi connectivity index (χ4n) is 0.601. The molecule has 0 radical (unpaired) electrons. The molecule has 0 aromatic heterocycles. The molecule has 0 aromatic rings. The molecule has 2 nitrogen and oxygen atoms in total. The second-order valence-corrected chi connectivity index (χ2v) is 3.34. The number of amides is 1. The van der Waals surface area contributed by atoms with E-state index in [-0.39, 0.29) is 0 Å². The molecule has 5 heteroatoms. The summed E-state index contributed by atoms with van der Waals surface area (Å²) in [4.78, 5) is 10.5. The Morgan fingerprint density at radius 2 is 1.67 bits per heavy atom. The Labute approximate surface area is 68.9 Å². The SMILES string of the molecule is C[C@H](C(N)=O)C(C)(C)C(F)(F)F. The molecule has 0 aliphatic rings. The molecule has 0 saturated heterocycles. The molecule has 0 rings (SSSR count). The zero-order chi connectivity index (χ0) is 10.2. The number of primary amides is 1. The van der Waals surface area contributed by atoms with E-state index in [9.17, 15) is 18.0 Å². The normalized spacial score (nSPS) is 15.8. The third-order valence-corrected chi connectivity index (χ3v) is 2.24. The van der Waals surface area contributed by atoms with Crippen molar-refractivity contribution in [2.24, 2.45) is 17.1 Å². The summed E-state index contributed by atoms with van der Waals surface area (Å²) in [6.07, 6.45) is -4.40. The van der Waals surface area contributed by atoms with E-state index in [0.29, 0.717) is 0 Å². The van der Waals surface area contributed by atoms with E-state index in [4.69, 9.17) is 5.73 Å². The molecule has 0 aliphatic heterocycles. The van der Waals surface area contributed by atoms with Gasteiger partial charge in [0.2, 0.25) is 5.91 Å². The maximum atomic E-state index is 12.2. The van der Waals surface area contributed by atoms with Crippen molar-refractivity contribution < 1.29 is 18.0 Å². The lowest BCUT2D eigenvalue weighted by Gasteiger charge is -2.31. The summed E-state index contributed by atoms with van der Waals surface area (Å²) in [5, 5.41) is 0. The Kier molecular flexibility index (Phi) is 2.77. The standard InChI is InChI=1S/C7H12F3NO/c1-4(5(11)12)6(2,3)7(8,9)10/h4H,1-3H3,(H2,11,12)/t4-/m1/s1. The van der Waals surface area contributed by atoms with Crippen LogP contribution in [0.4, 0.5) is 13.2 Å². The predicted octanol–water partition coefficient (Wildman–Crippen LogP) is 1.70. The second-order valence-electron chi connectivity index (χ2n) is 3.34. The first-order chi connectivity index (χ1) is 5.10. The molecule has 2 N–H and O–H groups in total. The van der Waals surface area contributed by atoms with Gasteiger partial charge in [0.25, 0.3) is 0 Å². The van der Waals surface area contributed by atoms with Gasteiger partial charge in [-0.1, -0.05) is 20.8 Å². The highest BCUT2D eigenvalue weighted by Crippen LogP contribution is 2.43. The van der Waals surface area contributed by atoms with Crippen LogP contribution in [0.15, 0.2) is 0 Å². The molecule has 72 valence electrons. The Morgan fingerprint density at radius 1 is 1.33 bits per heavy atom. The molecule has 0 bridgehead atoms. The van der Waals surface area contributed by atoms with E-state index in [1.54, 1.807) is 0 Å². The van der Waals surface area contributed by atoms with Gasteiger partial charge >= 0.3 is 6.18 Å². The molecular weight excluding hydrogens is 171 g/mol. The van der Waals surface area contributed by atoms with Crippen molar-refractivity contribution in [1.82, 2.24) is 0 Å². The molecule has 1 atom stereocenters. The molecule has 0 fully saturated rings. The summed E-state index contributed by atoms with van der Waals surface area (Å²) in [5.74, 6) is -2.14. The van der Waals surface area contributed by atoms with Gasteiger partial charge in [-0.2, -0.15) is 13.2 Å². The van der Waals surface area contributed by atoms with Gasteiger partial charge in [-0.25, -0.2) is 0 Å². The molecule has 0 aromatic carbocycles. The third kappa shape index (κ3) is 1.89. The lowest BCUT2D eigenvalue weighted by atomic mass is 9.79. The summed E-state index contributed by atoms with van der Waals surface area (Å²) in [7, 11) is 0. The Balaban J connectivity index is 4.73. The highest BCUT2D eigenvalue weighted by atomic mass is 19.4. The summed E-state index contributed by atoms with van der Waals surface area (Å²) >= 11 is 0. The van der Waals surface area contributed by atoms with E-state index in [0.717, 1.165) is 13.8 Å². The number of rotatable bonds is 2. The van der Waals surface area contributed by atoms with Gasteiger partial charge in [-0.05, 0) is 0 Å². The van der Waals surface area contributed by atoms with Gasteiger partial charge in [0.05, 0.1) is 5.41 Å².